The van der Waals surface area contributed by atoms with Crippen LogP contribution in [0, 0.1) is 10.8 Å². The molecule has 0 unspecified atom stereocenters. The van der Waals surface area contributed by atoms with Crippen molar-refractivity contribution in [2.24, 2.45) is 10.8 Å². The van der Waals surface area contributed by atoms with Gasteiger partial charge in [0.1, 0.15) is 0 Å². The highest BCUT2D eigenvalue weighted by Crippen LogP contribution is 2.27. The van der Waals surface area contributed by atoms with Crippen molar-refractivity contribution >= 4 is 5.91 Å². The first-order chi connectivity index (χ1) is 10.2. The van der Waals surface area contributed by atoms with Crippen LogP contribution in [-0.2, 0) is 4.79 Å². The molecule has 134 valence electrons. The van der Waals surface area contributed by atoms with Crippen LogP contribution in [0.15, 0.2) is 0 Å². The Morgan fingerprint density at radius 1 is 0.864 bits per heavy atom. The van der Waals surface area contributed by atoms with Crippen molar-refractivity contribution in [3.63, 3.8) is 0 Å². The quantitative estimate of drug-likeness (QED) is 0.468. The molecule has 0 saturated carbocycles. The average molecular weight is 314 g/mol. The molecule has 0 spiro atoms. The monoisotopic (exact) mass is 313 g/mol. The highest BCUT2D eigenvalue weighted by molar-refractivity contribution is 5.75. The SMILES string of the molecule is CC.CCC(C)(C)CCCCC(=O)NCCCCC(C)(C)C. The molecule has 0 aliphatic rings. The fraction of sp³-hybridized carbons (Fsp3) is 0.950. The Bertz CT molecular complexity index is 263. The lowest BCUT2D eigenvalue weighted by Gasteiger charge is -2.22. The van der Waals surface area contributed by atoms with Gasteiger partial charge in [0.2, 0.25) is 5.91 Å². The largest absolute Gasteiger partial charge is 0.356 e. The van der Waals surface area contributed by atoms with Gasteiger partial charge in [-0.2, -0.15) is 0 Å². The van der Waals surface area contributed by atoms with E-state index in [-0.39, 0.29) is 5.91 Å². The Kier molecular flexibility index (Phi) is 14.0. The Labute approximate surface area is 140 Å². The van der Waals surface area contributed by atoms with Gasteiger partial charge in [-0.1, -0.05) is 74.7 Å². The molecule has 0 fully saturated rings. The van der Waals surface area contributed by atoms with Gasteiger partial charge in [0.05, 0.1) is 0 Å². The number of nitrogens with one attached hydrogen (secondary N) is 1. The third-order valence-corrected chi connectivity index (χ3v) is 4.14. The lowest BCUT2D eigenvalue weighted by molar-refractivity contribution is -0.121. The second-order valence-corrected chi connectivity index (χ2v) is 8.09. The summed E-state index contributed by atoms with van der Waals surface area (Å²) < 4.78 is 0. The van der Waals surface area contributed by atoms with E-state index in [9.17, 15) is 4.79 Å². The molecule has 1 amide bonds. The van der Waals surface area contributed by atoms with E-state index >= 15 is 0 Å². The Morgan fingerprint density at radius 3 is 1.91 bits per heavy atom. The third kappa shape index (κ3) is 17.5. The predicted molar refractivity (Wildman–Crippen MR) is 100 cm³/mol. The first kappa shape index (κ1) is 23.7. The van der Waals surface area contributed by atoms with Crippen LogP contribution < -0.4 is 5.32 Å². The summed E-state index contributed by atoms with van der Waals surface area (Å²) in [7, 11) is 0. The van der Waals surface area contributed by atoms with E-state index in [4.69, 9.17) is 0 Å². The summed E-state index contributed by atoms with van der Waals surface area (Å²) in [6.07, 6.45) is 8.86. The molecule has 0 rings (SSSR count). The fourth-order valence-electron chi connectivity index (χ4n) is 2.16. The van der Waals surface area contributed by atoms with Gasteiger partial charge in [0, 0.05) is 13.0 Å². The molecule has 0 heterocycles. The standard InChI is InChI=1S/C18H37NO.C2H6/c1-7-18(5,6)14-9-8-12-16(20)19-15-11-10-13-17(2,3)4;1-2/h7-15H2,1-6H3,(H,19,20);1-2H3. The Morgan fingerprint density at radius 2 is 1.41 bits per heavy atom. The molecule has 0 aliphatic carbocycles. The Hall–Kier alpha value is -0.530. The van der Waals surface area contributed by atoms with Crippen LogP contribution in [0.3, 0.4) is 0 Å². The predicted octanol–water partition coefficient (Wildman–Crippen LogP) is 6.34. The minimum absolute atomic E-state index is 0.232. The van der Waals surface area contributed by atoms with E-state index < -0.39 is 0 Å². The molecular formula is C20H43NO. The van der Waals surface area contributed by atoms with Gasteiger partial charge in [0.25, 0.3) is 0 Å². The van der Waals surface area contributed by atoms with E-state index in [0.717, 1.165) is 25.8 Å². The summed E-state index contributed by atoms with van der Waals surface area (Å²) in [4.78, 5) is 11.7. The second-order valence-electron chi connectivity index (χ2n) is 8.09. The van der Waals surface area contributed by atoms with E-state index in [1.54, 1.807) is 0 Å². The first-order valence-corrected chi connectivity index (χ1v) is 9.43. The molecule has 1 N–H and O–H groups in total. The van der Waals surface area contributed by atoms with Crippen molar-refractivity contribution in [1.29, 1.82) is 0 Å². The number of unbranched alkanes of at least 4 members (excludes halogenated alkanes) is 2. The maximum absolute atomic E-state index is 11.7. The molecule has 0 radical (unpaired) electrons. The van der Waals surface area contributed by atoms with Gasteiger partial charge in [0.15, 0.2) is 0 Å². The highest BCUT2D eigenvalue weighted by atomic mass is 16.1. The van der Waals surface area contributed by atoms with Crippen molar-refractivity contribution in [2.75, 3.05) is 6.54 Å². The molecule has 0 aliphatic heterocycles. The normalized spacial score (nSPS) is 11.6. The first-order valence-electron chi connectivity index (χ1n) is 9.43. The summed E-state index contributed by atoms with van der Waals surface area (Å²) >= 11 is 0. The van der Waals surface area contributed by atoms with Crippen LogP contribution in [0.2, 0.25) is 0 Å². The maximum Gasteiger partial charge on any atom is 0.219 e. The topological polar surface area (TPSA) is 29.1 Å². The fourth-order valence-corrected chi connectivity index (χ4v) is 2.16. The van der Waals surface area contributed by atoms with E-state index in [0.29, 0.717) is 17.3 Å². The summed E-state index contributed by atoms with van der Waals surface area (Å²) in [6.45, 7) is 18.5. The zero-order valence-corrected chi connectivity index (χ0v) is 16.8. The molecule has 22 heavy (non-hydrogen) atoms. The van der Waals surface area contributed by atoms with Crippen LogP contribution in [-0.4, -0.2) is 12.5 Å². The minimum atomic E-state index is 0.232. The lowest BCUT2D eigenvalue weighted by Crippen LogP contribution is -2.24. The smallest absolute Gasteiger partial charge is 0.219 e. The van der Waals surface area contributed by atoms with E-state index in [2.05, 4.69) is 46.9 Å². The van der Waals surface area contributed by atoms with Crippen molar-refractivity contribution < 1.29 is 4.79 Å². The molecule has 0 atom stereocenters. The van der Waals surface area contributed by atoms with Crippen molar-refractivity contribution in [1.82, 2.24) is 5.32 Å². The number of amides is 1. The van der Waals surface area contributed by atoms with Crippen LogP contribution in [0.5, 0.6) is 0 Å². The van der Waals surface area contributed by atoms with Crippen molar-refractivity contribution in [2.45, 2.75) is 107 Å². The molecule has 0 aromatic carbocycles. The number of carbonyl (C=O) groups is 1. The van der Waals surface area contributed by atoms with Crippen LogP contribution in [0.1, 0.15) is 107 Å². The van der Waals surface area contributed by atoms with Crippen LogP contribution in [0.25, 0.3) is 0 Å². The summed E-state index contributed by atoms with van der Waals surface area (Å²) in [5.74, 6) is 0.232. The van der Waals surface area contributed by atoms with Gasteiger partial charge >= 0.3 is 0 Å². The van der Waals surface area contributed by atoms with Crippen LogP contribution >= 0.6 is 0 Å². The van der Waals surface area contributed by atoms with E-state index in [1.807, 2.05) is 13.8 Å². The summed E-state index contributed by atoms with van der Waals surface area (Å²) in [5.41, 5.74) is 0.847. The molecule has 0 saturated heterocycles. The maximum atomic E-state index is 11.7. The molecular weight excluding hydrogens is 270 g/mol. The number of hydrogen-bond donors (Lipinski definition) is 1. The van der Waals surface area contributed by atoms with Gasteiger partial charge in [-0.3, -0.25) is 4.79 Å². The molecule has 0 bridgehead atoms. The molecule has 2 nitrogen and oxygen atoms in total. The zero-order chi connectivity index (χ0) is 17.6. The minimum Gasteiger partial charge on any atom is -0.356 e. The zero-order valence-electron chi connectivity index (χ0n) is 16.8. The van der Waals surface area contributed by atoms with Crippen molar-refractivity contribution in [3.05, 3.63) is 0 Å². The second kappa shape index (κ2) is 13.0. The van der Waals surface area contributed by atoms with Gasteiger partial charge in [-0.15, -0.1) is 0 Å². The number of hydrogen-bond acceptors (Lipinski definition) is 1. The summed E-state index contributed by atoms with van der Waals surface area (Å²) in [6, 6.07) is 0. The van der Waals surface area contributed by atoms with Gasteiger partial charge in [-0.25, -0.2) is 0 Å². The van der Waals surface area contributed by atoms with Gasteiger partial charge < -0.3 is 5.32 Å². The Balaban J connectivity index is 0. The van der Waals surface area contributed by atoms with Crippen molar-refractivity contribution in [3.8, 4) is 0 Å². The third-order valence-electron chi connectivity index (χ3n) is 4.14. The average Bonchev–Trinajstić information content (AvgIpc) is 2.44. The molecule has 0 aromatic rings. The van der Waals surface area contributed by atoms with Crippen LogP contribution in [0.4, 0.5) is 0 Å². The molecule has 2 heteroatoms. The van der Waals surface area contributed by atoms with E-state index in [1.165, 1.54) is 25.7 Å². The van der Waals surface area contributed by atoms with Gasteiger partial charge in [-0.05, 0) is 36.5 Å². The lowest BCUT2D eigenvalue weighted by atomic mass is 9.84. The summed E-state index contributed by atoms with van der Waals surface area (Å²) in [5, 5.41) is 3.04. The molecule has 0 aromatic heterocycles. The highest BCUT2D eigenvalue weighted by Gasteiger charge is 2.14. The number of rotatable bonds is 10. The number of carbonyl (C=O) groups excluding carboxylic acids is 1.